The Bertz CT molecular complexity index is 1590. The molecule has 0 spiro atoms. The van der Waals surface area contributed by atoms with Crippen LogP contribution in [0.5, 0.6) is 0 Å². The molecular weight excluding hydrogens is 1140 g/mol. The van der Waals surface area contributed by atoms with Gasteiger partial charge in [0.1, 0.15) is 0 Å². The summed E-state index contributed by atoms with van der Waals surface area (Å²) in [4.78, 5) is 25.0. The highest BCUT2D eigenvalue weighted by atomic mass is 28.5. The van der Waals surface area contributed by atoms with Gasteiger partial charge in [-0.1, -0.05) is 18.2 Å². The van der Waals surface area contributed by atoms with E-state index < -0.39 is 133 Å². The maximum Gasteiger partial charge on any atom is 0.529 e. The molecule has 1 rings (SSSR count). The van der Waals surface area contributed by atoms with Crippen LogP contribution in [0.2, 0.25) is 78.6 Å². The van der Waals surface area contributed by atoms with Crippen LogP contribution >= 0.6 is 0 Å². The average molecular weight is 1210 g/mol. The van der Waals surface area contributed by atoms with Gasteiger partial charge in [-0.05, 0) is 95.7 Å². The summed E-state index contributed by atoms with van der Waals surface area (Å²) in [6.45, 7) is 22.9. The Balaban J connectivity index is -0.000000462. The maximum atomic E-state index is 13.0. The highest BCUT2D eigenvalue weighted by Crippen LogP contribution is 2.52. The van der Waals surface area contributed by atoms with Gasteiger partial charge in [0.2, 0.25) is 0 Å². The fourth-order valence-electron chi connectivity index (χ4n) is 4.49. The number of halogens is 18. The average Bonchev–Trinajstić information content (AvgIpc) is 3.06. The Hall–Kier alpha value is -1.04. The third-order valence-electron chi connectivity index (χ3n) is 7.85. The van der Waals surface area contributed by atoms with Crippen molar-refractivity contribution in [3.05, 3.63) is 35.3 Å². The van der Waals surface area contributed by atoms with Crippen LogP contribution in [0, 0.1) is 0 Å². The number of alkyl halides is 18. The zero-order valence-electron chi connectivity index (χ0n) is 41.0. The molecule has 0 radical (unpaired) electrons. The van der Waals surface area contributed by atoms with Crippen molar-refractivity contribution in [3.8, 4) is 0 Å². The minimum absolute atomic E-state index is 0. The second-order valence-electron chi connectivity index (χ2n) is 18.7. The molecule has 0 aromatic heterocycles. The normalized spacial score (nSPS) is 17.2. The van der Waals surface area contributed by atoms with Crippen molar-refractivity contribution in [2.45, 2.75) is 152 Å². The van der Waals surface area contributed by atoms with Crippen molar-refractivity contribution in [1.82, 2.24) is 0 Å². The van der Waals surface area contributed by atoms with Crippen LogP contribution in [0.4, 0.5) is 79.0 Å². The van der Waals surface area contributed by atoms with Gasteiger partial charge in [-0.25, -0.2) is 0 Å². The van der Waals surface area contributed by atoms with Gasteiger partial charge >= 0.3 is 63.5 Å². The summed E-state index contributed by atoms with van der Waals surface area (Å²) in [7, 11) is -17.4. The predicted molar refractivity (Wildman–Crippen MR) is 237 cm³/mol. The van der Waals surface area contributed by atoms with Gasteiger partial charge in [-0.15, -0.1) is 0 Å². The Morgan fingerprint density at radius 1 is 0.521 bits per heavy atom. The van der Waals surface area contributed by atoms with E-state index in [0.717, 1.165) is 31.7 Å². The molecule has 1 aliphatic rings. The van der Waals surface area contributed by atoms with Gasteiger partial charge in [0, 0.05) is 40.6 Å². The Morgan fingerprint density at radius 2 is 0.789 bits per heavy atom. The Morgan fingerprint density at radius 3 is 0.986 bits per heavy atom. The van der Waals surface area contributed by atoms with Gasteiger partial charge in [-0.2, -0.15) is 79.0 Å². The summed E-state index contributed by atoms with van der Waals surface area (Å²) in [5.41, 5.74) is -12.1. The summed E-state index contributed by atoms with van der Waals surface area (Å²) < 4.78 is 263. The lowest BCUT2D eigenvalue weighted by Crippen LogP contribution is -2.66. The first-order chi connectivity index (χ1) is 30.1. The summed E-state index contributed by atoms with van der Waals surface area (Å²) in [6.07, 6.45) is -38.7. The molecule has 0 saturated heterocycles. The standard InChI is InChI=1S/C15H32F6O4Si4.C8H10F6O3Si.C6H8F6O4Si.C4H12OSi.H2O/c1-26(2,3)23-29(24-27(4,5)6,25-28(7,8)9)12-10-11-13(22,14(16,17)18)15(19,20)21;1-15-18(16-2)5-3-4-6(17-18,7(9,10)11)8(12,13)14;7-5(8,9)4(13,6(10,11)12)2-1-3-17(14,15)16;1-5-6(2,3)4;/h10,12,22H,11H2,1-9H3;3,5H,4H2,1-2H3;1,3,13-16H,2H2;1-4H3;1H2/b12-10-;;3-1-;;. The molecule has 0 aliphatic carbocycles. The number of rotatable bonds is 15. The molecule has 0 aromatic carbocycles. The van der Waals surface area contributed by atoms with Crippen LogP contribution in [0.25, 0.3) is 0 Å². The molecule has 13 nitrogen and oxygen atoms in total. The third kappa shape index (κ3) is 25.6. The van der Waals surface area contributed by atoms with Crippen LogP contribution in [-0.2, 0) is 30.0 Å². The summed E-state index contributed by atoms with van der Waals surface area (Å²) in [5.74, 6) is 0. The van der Waals surface area contributed by atoms with E-state index in [4.69, 9.17) is 36.3 Å². The molecule has 7 N–H and O–H groups in total. The third-order valence-corrected chi connectivity index (χ3v) is 23.6. The smallest absolute Gasteiger partial charge is 0.421 e. The molecule has 0 fully saturated rings. The molecule has 71 heavy (non-hydrogen) atoms. The lowest BCUT2D eigenvalue weighted by Gasteiger charge is -2.43. The van der Waals surface area contributed by atoms with Crippen LogP contribution in [0.15, 0.2) is 35.3 Å². The van der Waals surface area contributed by atoms with Crippen molar-refractivity contribution in [3.63, 3.8) is 0 Å². The van der Waals surface area contributed by atoms with E-state index in [9.17, 15) is 84.1 Å². The molecule has 0 saturated carbocycles. The highest BCUT2D eigenvalue weighted by Gasteiger charge is 2.75. The van der Waals surface area contributed by atoms with E-state index in [0.29, 0.717) is 6.08 Å². The molecule has 1 aliphatic heterocycles. The van der Waals surface area contributed by atoms with Crippen molar-refractivity contribution in [2.24, 2.45) is 0 Å². The van der Waals surface area contributed by atoms with E-state index in [1.54, 1.807) is 7.11 Å². The van der Waals surface area contributed by atoms with Crippen molar-refractivity contribution in [2.75, 3.05) is 21.3 Å². The van der Waals surface area contributed by atoms with Gasteiger partial charge < -0.3 is 60.1 Å². The molecule has 38 heteroatoms. The van der Waals surface area contributed by atoms with E-state index in [-0.39, 0.29) is 17.3 Å². The van der Waals surface area contributed by atoms with E-state index >= 15 is 0 Å². The summed E-state index contributed by atoms with van der Waals surface area (Å²) in [5, 5.41) is 17.9. The maximum absolute atomic E-state index is 13.0. The Labute approximate surface area is 406 Å². The van der Waals surface area contributed by atoms with E-state index in [1.807, 2.05) is 58.9 Å². The van der Waals surface area contributed by atoms with E-state index in [2.05, 4.69) is 32.9 Å². The van der Waals surface area contributed by atoms with Gasteiger partial charge in [0.15, 0.2) is 33.3 Å². The lowest BCUT2D eigenvalue weighted by molar-refractivity contribution is -0.367. The predicted octanol–water partition coefficient (Wildman–Crippen LogP) is 9.30. The second-order valence-corrected chi connectivity index (χ2v) is 44.3. The molecule has 0 atom stereocenters. The Kier molecular flexibility index (Phi) is 27.9. The largest absolute Gasteiger partial charge is 0.529 e. The second kappa shape index (κ2) is 25.9. The fraction of sp³-hybridized carbons (Fsp3) is 0.818. The number of aliphatic hydroxyl groups is 2. The lowest BCUT2D eigenvalue weighted by atomic mass is 9.98. The minimum atomic E-state index is -5.99. The first-order valence-electron chi connectivity index (χ1n) is 19.6. The molecule has 0 aromatic rings. The fourth-order valence-corrected chi connectivity index (χ4v) is 19.9. The van der Waals surface area contributed by atoms with Gasteiger partial charge in [0.05, 0.1) is 0 Å². The topological polar surface area (TPSA) is 197 Å². The van der Waals surface area contributed by atoms with Crippen LogP contribution in [-0.4, -0.2) is 165 Å². The zero-order chi connectivity index (χ0) is 57.3. The monoisotopic (exact) mass is 1210 g/mol. The molecule has 0 bridgehead atoms. The van der Waals surface area contributed by atoms with Gasteiger partial charge in [-0.3, -0.25) is 0 Å². The van der Waals surface area contributed by atoms with Crippen LogP contribution in [0.3, 0.4) is 0 Å². The molecular formula is C33H64F18O13Si7. The molecule has 1 heterocycles. The summed E-state index contributed by atoms with van der Waals surface area (Å²) in [6, 6.07) is 0. The summed E-state index contributed by atoms with van der Waals surface area (Å²) >= 11 is 0. The SMILES string of the molecule is CO[Si](C)(C)C.CO[Si]1(OC)C=CCC(C(F)(F)F)(C(F)(F)F)O1.C[Si](C)(C)O[Si](/C=C\CC(O)(C(F)(F)F)C(F)(F)F)(O[Si](C)(C)C)O[Si](C)(C)C.O.OC(C/C=C\[Si](O)(O)O)(C(F)(F)F)C(F)(F)F. The van der Waals surface area contributed by atoms with E-state index in [1.165, 1.54) is 0 Å². The molecule has 0 amide bonds. The highest BCUT2D eigenvalue weighted by molar-refractivity contribution is 6.92. The number of hydrogen-bond donors (Lipinski definition) is 5. The van der Waals surface area contributed by atoms with Crippen LogP contribution < -0.4 is 0 Å². The quantitative estimate of drug-likeness (QED) is 0.0771. The van der Waals surface area contributed by atoms with Crippen LogP contribution in [0.1, 0.15) is 19.3 Å². The first kappa shape index (κ1) is 76.5. The molecule has 428 valence electrons. The molecule has 0 unspecified atom stereocenters. The van der Waals surface area contributed by atoms with Crippen molar-refractivity contribution in [1.29, 1.82) is 0 Å². The zero-order valence-corrected chi connectivity index (χ0v) is 48.0. The number of hydrogen-bond acceptors (Lipinski definition) is 12. The van der Waals surface area contributed by atoms with Gasteiger partial charge in [0.25, 0.3) is 16.8 Å². The first-order valence-corrected chi connectivity index (χ1v) is 38.8. The van der Waals surface area contributed by atoms with Crippen molar-refractivity contribution >= 4 is 59.7 Å². The minimum Gasteiger partial charge on any atom is -0.421 e. The van der Waals surface area contributed by atoms with Crippen molar-refractivity contribution < 1.29 is 139 Å².